The van der Waals surface area contributed by atoms with Gasteiger partial charge in [-0.2, -0.15) is 5.26 Å². The molecule has 0 saturated carbocycles. The van der Waals surface area contributed by atoms with Crippen LogP contribution in [0.3, 0.4) is 0 Å². The normalized spacial score (nSPS) is 12.3. The smallest absolute Gasteiger partial charge is 0.302 e. The minimum Gasteiger partial charge on any atom is -0.462 e. The van der Waals surface area contributed by atoms with Crippen LogP contribution in [0.25, 0.3) is 16.7 Å². The summed E-state index contributed by atoms with van der Waals surface area (Å²) in [5, 5.41) is 10.2. The van der Waals surface area contributed by atoms with Crippen molar-refractivity contribution in [2.24, 2.45) is 0 Å². The Bertz CT molecular complexity index is 1020. The molecule has 3 rings (SSSR count). The van der Waals surface area contributed by atoms with Crippen LogP contribution in [0.5, 0.6) is 0 Å². The van der Waals surface area contributed by atoms with E-state index in [2.05, 4.69) is 11.1 Å². The number of benzene rings is 1. The Hall–Kier alpha value is -2.58. The minimum atomic E-state index is -0.322. The molecule has 0 aliphatic rings. The summed E-state index contributed by atoms with van der Waals surface area (Å²) in [5.41, 5.74) is 4.17. The molecule has 5 nitrogen and oxygen atoms in total. The van der Waals surface area contributed by atoms with Gasteiger partial charge in [-0.25, -0.2) is 4.98 Å². The molecule has 0 radical (unpaired) electrons. The van der Waals surface area contributed by atoms with E-state index in [0.29, 0.717) is 34.5 Å². The molecule has 0 aliphatic carbocycles. The van der Waals surface area contributed by atoms with Crippen molar-refractivity contribution in [2.45, 2.75) is 39.7 Å². The van der Waals surface area contributed by atoms with Gasteiger partial charge in [0.2, 0.25) is 0 Å². The molecule has 0 bridgehead atoms. The molecule has 0 fully saturated rings. The maximum atomic E-state index is 11.3. The molecule has 0 N–H and O–H groups in total. The second-order valence-electron chi connectivity index (χ2n) is 5.99. The first-order chi connectivity index (χ1) is 12.0. The Morgan fingerprint density at radius 1 is 1.48 bits per heavy atom. The van der Waals surface area contributed by atoms with Gasteiger partial charge in [0, 0.05) is 19.5 Å². The summed E-state index contributed by atoms with van der Waals surface area (Å²) in [5.74, 6) is -0.322. The van der Waals surface area contributed by atoms with Gasteiger partial charge in [-0.15, -0.1) is 0 Å². The number of esters is 1. The van der Waals surface area contributed by atoms with Gasteiger partial charge in [0.25, 0.3) is 0 Å². The van der Waals surface area contributed by atoms with Crippen molar-refractivity contribution in [1.82, 2.24) is 9.38 Å². The number of halogens is 1. The van der Waals surface area contributed by atoms with Crippen LogP contribution >= 0.6 is 11.6 Å². The zero-order valence-electron chi connectivity index (χ0n) is 14.3. The first-order valence-corrected chi connectivity index (χ1v) is 8.50. The molecule has 25 heavy (non-hydrogen) atoms. The molecule has 0 spiro atoms. The third kappa shape index (κ3) is 2.94. The SMILES string of the molecule is CCC(Cc1c(C)c(C#N)c2nc3ccccn3c2c1Cl)OC(C)=O. The summed E-state index contributed by atoms with van der Waals surface area (Å²) in [4.78, 5) is 15.9. The van der Waals surface area contributed by atoms with E-state index in [0.717, 1.165) is 16.8 Å². The van der Waals surface area contributed by atoms with Crippen LogP contribution in [0.1, 0.15) is 37.0 Å². The number of carbonyl (C=O) groups excluding carboxylic acids is 1. The lowest BCUT2D eigenvalue weighted by atomic mass is 9.96. The van der Waals surface area contributed by atoms with E-state index in [1.165, 1.54) is 6.92 Å². The lowest BCUT2D eigenvalue weighted by molar-refractivity contribution is -0.146. The van der Waals surface area contributed by atoms with Crippen molar-refractivity contribution in [3.63, 3.8) is 0 Å². The number of imidazole rings is 1. The average Bonchev–Trinajstić information content (AvgIpc) is 2.96. The monoisotopic (exact) mass is 355 g/mol. The molecule has 0 amide bonds. The number of carbonyl (C=O) groups is 1. The minimum absolute atomic E-state index is 0.281. The molecule has 1 unspecified atom stereocenters. The summed E-state index contributed by atoms with van der Waals surface area (Å²) in [6, 6.07) is 7.92. The Labute approximate surface area is 150 Å². The zero-order chi connectivity index (χ0) is 18.1. The fraction of sp³-hybridized carbons (Fsp3) is 0.316. The van der Waals surface area contributed by atoms with Crippen LogP contribution < -0.4 is 0 Å². The second-order valence-corrected chi connectivity index (χ2v) is 6.36. The fourth-order valence-electron chi connectivity index (χ4n) is 3.13. The van der Waals surface area contributed by atoms with Gasteiger partial charge in [-0.05, 0) is 36.6 Å². The van der Waals surface area contributed by atoms with Crippen LogP contribution in [0, 0.1) is 18.3 Å². The summed E-state index contributed by atoms with van der Waals surface area (Å²) < 4.78 is 7.25. The molecule has 1 aromatic carbocycles. The Kier molecular flexibility index (Phi) is 4.65. The molecular formula is C19H18ClN3O2. The van der Waals surface area contributed by atoms with Crippen molar-refractivity contribution in [3.05, 3.63) is 46.1 Å². The highest BCUT2D eigenvalue weighted by atomic mass is 35.5. The standard InChI is InChI=1S/C19H18ClN3O2/c1-4-13(25-12(3)24)9-14-11(2)15(10-21)18-19(17(14)20)23-8-6-5-7-16(23)22-18/h5-8,13H,4,9H2,1-3H3. The summed E-state index contributed by atoms with van der Waals surface area (Å²) >= 11 is 6.72. The second kappa shape index (κ2) is 6.73. The first kappa shape index (κ1) is 17.2. The van der Waals surface area contributed by atoms with Gasteiger partial charge in [-0.1, -0.05) is 24.6 Å². The van der Waals surface area contributed by atoms with Gasteiger partial charge in [0.05, 0.1) is 16.1 Å². The van der Waals surface area contributed by atoms with E-state index < -0.39 is 0 Å². The van der Waals surface area contributed by atoms with Crippen LogP contribution in [-0.2, 0) is 16.0 Å². The van der Waals surface area contributed by atoms with Crippen molar-refractivity contribution in [3.8, 4) is 6.07 Å². The van der Waals surface area contributed by atoms with Gasteiger partial charge in [0.1, 0.15) is 23.3 Å². The lowest BCUT2D eigenvalue weighted by Crippen LogP contribution is -2.19. The van der Waals surface area contributed by atoms with Crippen molar-refractivity contribution in [2.75, 3.05) is 0 Å². The van der Waals surface area contributed by atoms with Crippen LogP contribution in [-0.4, -0.2) is 21.5 Å². The maximum absolute atomic E-state index is 11.3. The number of hydrogen-bond acceptors (Lipinski definition) is 4. The van der Waals surface area contributed by atoms with E-state index in [1.54, 1.807) is 0 Å². The third-order valence-corrected chi connectivity index (χ3v) is 4.81. The molecule has 1 atom stereocenters. The van der Waals surface area contributed by atoms with Crippen molar-refractivity contribution >= 4 is 34.3 Å². The van der Waals surface area contributed by atoms with E-state index in [4.69, 9.17) is 16.3 Å². The van der Waals surface area contributed by atoms with E-state index in [9.17, 15) is 10.1 Å². The predicted octanol–water partition coefficient (Wildman–Crippen LogP) is 4.21. The van der Waals surface area contributed by atoms with Crippen LogP contribution in [0.2, 0.25) is 5.02 Å². The van der Waals surface area contributed by atoms with E-state index in [1.807, 2.05) is 42.6 Å². The molecule has 3 aromatic rings. The number of fused-ring (bicyclic) bond motifs is 3. The van der Waals surface area contributed by atoms with Crippen molar-refractivity contribution < 1.29 is 9.53 Å². The largest absolute Gasteiger partial charge is 0.462 e. The topological polar surface area (TPSA) is 67.4 Å². The van der Waals surface area contributed by atoms with Gasteiger partial charge in [-0.3, -0.25) is 9.20 Å². The Morgan fingerprint density at radius 2 is 2.24 bits per heavy atom. The highest BCUT2D eigenvalue weighted by Gasteiger charge is 2.23. The molecule has 6 heteroatoms. The highest BCUT2D eigenvalue weighted by molar-refractivity contribution is 6.36. The van der Waals surface area contributed by atoms with Gasteiger partial charge < -0.3 is 4.74 Å². The maximum Gasteiger partial charge on any atom is 0.302 e. The number of aromatic nitrogens is 2. The summed E-state index contributed by atoms with van der Waals surface area (Å²) in [6.07, 6.45) is 2.73. The molecule has 2 aromatic heterocycles. The van der Waals surface area contributed by atoms with Crippen molar-refractivity contribution in [1.29, 1.82) is 5.26 Å². The molecule has 2 heterocycles. The molecule has 128 valence electrons. The number of ether oxygens (including phenoxy) is 1. The molecule has 0 aliphatic heterocycles. The van der Waals surface area contributed by atoms with Gasteiger partial charge >= 0.3 is 5.97 Å². The van der Waals surface area contributed by atoms with Crippen LogP contribution in [0.4, 0.5) is 0 Å². The number of nitriles is 1. The Morgan fingerprint density at radius 3 is 2.88 bits per heavy atom. The number of nitrogens with zero attached hydrogens (tertiary/aromatic N) is 3. The summed E-state index contributed by atoms with van der Waals surface area (Å²) in [6.45, 7) is 5.21. The highest BCUT2D eigenvalue weighted by Crippen LogP contribution is 2.35. The zero-order valence-corrected chi connectivity index (χ0v) is 15.1. The molecule has 0 saturated heterocycles. The van der Waals surface area contributed by atoms with E-state index in [-0.39, 0.29) is 12.1 Å². The fourth-order valence-corrected chi connectivity index (χ4v) is 3.53. The lowest BCUT2D eigenvalue weighted by Gasteiger charge is -2.18. The van der Waals surface area contributed by atoms with E-state index >= 15 is 0 Å². The van der Waals surface area contributed by atoms with Gasteiger partial charge in [0.15, 0.2) is 0 Å². The quantitative estimate of drug-likeness (QED) is 0.657. The number of pyridine rings is 1. The molecular weight excluding hydrogens is 338 g/mol. The number of hydrogen-bond donors (Lipinski definition) is 0. The average molecular weight is 356 g/mol. The van der Waals surface area contributed by atoms with Crippen LogP contribution in [0.15, 0.2) is 24.4 Å². The third-order valence-electron chi connectivity index (χ3n) is 4.40. The summed E-state index contributed by atoms with van der Waals surface area (Å²) in [7, 11) is 0. The first-order valence-electron chi connectivity index (χ1n) is 8.12. The predicted molar refractivity (Wildman–Crippen MR) is 96.7 cm³/mol. The Balaban J connectivity index is 2.27. The number of rotatable bonds is 4.